The van der Waals surface area contributed by atoms with Crippen LogP contribution in [0.4, 0.5) is 4.39 Å². The SMILES string of the molecule is CCC(N)(CC)C(=O)NCc1cc(Br)ccc1F. The predicted octanol–water partition coefficient (Wildman–Crippen LogP) is 2.72. The first-order chi connectivity index (χ1) is 8.42. The summed E-state index contributed by atoms with van der Waals surface area (Å²) in [6.07, 6.45) is 1.10. The number of hydrogen-bond donors (Lipinski definition) is 2. The van der Waals surface area contributed by atoms with Crippen molar-refractivity contribution in [2.24, 2.45) is 5.73 Å². The summed E-state index contributed by atoms with van der Waals surface area (Å²) in [5.41, 5.74) is 5.52. The molecule has 0 saturated carbocycles. The van der Waals surface area contributed by atoms with Gasteiger partial charge in [0, 0.05) is 16.6 Å². The zero-order chi connectivity index (χ0) is 13.8. The number of amides is 1. The molecule has 0 saturated heterocycles. The fourth-order valence-corrected chi connectivity index (χ4v) is 2.01. The third-order valence-electron chi connectivity index (χ3n) is 3.16. The first kappa shape index (κ1) is 15.1. The van der Waals surface area contributed by atoms with Crippen LogP contribution < -0.4 is 11.1 Å². The lowest BCUT2D eigenvalue weighted by molar-refractivity contribution is -0.126. The number of nitrogens with one attached hydrogen (secondary N) is 1. The zero-order valence-corrected chi connectivity index (χ0v) is 12.2. The molecule has 0 bridgehead atoms. The maximum atomic E-state index is 13.5. The van der Waals surface area contributed by atoms with Crippen LogP contribution in [0.5, 0.6) is 0 Å². The molecule has 0 unspecified atom stereocenters. The molecular weight excluding hydrogens is 299 g/mol. The molecule has 3 N–H and O–H groups in total. The van der Waals surface area contributed by atoms with E-state index in [2.05, 4.69) is 21.2 Å². The second-order valence-corrected chi connectivity index (χ2v) is 5.20. The Morgan fingerprint density at radius 2 is 2.06 bits per heavy atom. The van der Waals surface area contributed by atoms with Crippen LogP contribution in [0.2, 0.25) is 0 Å². The molecule has 1 amide bonds. The van der Waals surface area contributed by atoms with Crippen LogP contribution >= 0.6 is 15.9 Å². The highest BCUT2D eigenvalue weighted by Crippen LogP contribution is 2.16. The van der Waals surface area contributed by atoms with Crippen molar-refractivity contribution in [2.45, 2.75) is 38.8 Å². The standard InChI is InChI=1S/C13H18BrFN2O/c1-3-13(16,4-2)12(18)17-8-9-7-10(14)5-6-11(9)15/h5-7H,3-4,8,16H2,1-2H3,(H,17,18). The van der Waals surface area contributed by atoms with Gasteiger partial charge in [-0.1, -0.05) is 29.8 Å². The number of carbonyl (C=O) groups is 1. The van der Waals surface area contributed by atoms with Gasteiger partial charge in [-0.3, -0.25) is 4.79 Å². The van der Waals surface area contributed by atoms with Crippen molar-refractivity contribution >= 4 is 21.8 Å². The molecule has 0 radical (unpaired) electrons. The molecule has 5 heteroatoms. The lowest BCUT2D eigenvalue weighted by Gasteiger charge is -2.25. The molecule has 0 aromatic heterocycles. The molecule has 0 spiro atoms. The molecule has 1 rings (SSSR count). The van der Waals surface area contributed by atoms with Gasteiger partial charge in [0.25, 0.3) is 0 Å². The molecule has 0 aliphatic rings. The summed E-state index contributed by atoms with van der Waals surface area (Å²) in [6.45, 7) is 3.87. The average molecular weight is 317 g/mol. The molecule has 0 fully saturated rings. The molecule has 3 nitrogen and oxygen atoms in total. The van der Waals surface area contributed by atoms with Gasteiger partial charge in [-0.15, -0.1) is 0 Å². The Morgan fingerprint density at radius 1 is 1.44 bits per heavy atom. The Balaban J connectivity index is 2.71. The van der Waals surface area contributed by atoms with Gasteiger partial charge >= 0.3 is 0 Å². The van der Waals surface area contributed by atoms with Crippen molar-refractivity contribution in [3.05, 3.63) is 34.1 Å². The Hall–Kier alpha value is -0.940. The maximum Gasteiger partial charge on any atom is 0.240 e. The summed E-state index contributed by atoms with van der Waals surface area (Å²) in [6, 6.07) is 4.62. The number of benzene rings is 1. The molecule has 0 aliphatic carbocycles. The molecule has 100 valence electrons. The van der Waals surface area contributed by atoms with E-state index in [1.165, 1.54) is 6.07 Å². The van der Waals surface area contributed by atoms with Gasteiger partial charge in [0.1, 0.15) is 5.82 Å². The third-order valence-corrected chi connectivity index (χ3v) is 3.65. The highest BCUT2D eigenvalue weighted by Gasteiger charge is 2.29. The minimum atomic E-state index is -0.873. The van der Waals surface area contributed by atoms with E-state index in [0.29, 0.717) is 18.4 Å². The van der Waals surface area contributed by atoms with Gasteiger partial charge in [-0.25, -0.2) is 4.39 Å². The summed E-state index contributed by atoms with van der Waals surface area (Å²) in [7, 11) is 0. The molecule has 0 atom stereocenters. The lowest BCUT2D eigenvalue weighted by atomic mass is 9.93. The van der Waals surface area contributed by atoms with Crippen LogP contribution in [0, 0.1) is 5.82 Å². The lowest BCUT2D eigenvalue weighted by Crippen LogP contribution is -2.52. The van der Waals surface area contributed by atoms with Crippen LogP contribution in [-0.4, -0.2) is 11.4 Å². The van der Waals surface area contributed by atoms with Gasteiger partial charge < -0.3 is 11.1 Å². The highest BCUT2D eigenvalue weighted by atomic mass is 79.9. The van der Waals surface area contributed by atoms with Gasteiger partial charge in [0.15, 0.2) is 0 Å². The Bertz CT molecular complexity index is 433. The van der Waals surface area contributed by atoms with Crippen LogP contribution in [0.1, 0.15) is 32.3 Å². The number of rotatable bonds is 5. The number of nitrogens with two attached hydrogens (primary N) is 1. The smallest absolute Gasteiger partial charge is 0.240 e. The van der Waals surface area contributed by atoms with E-state index in [0.717, 1.165) is 4.47 Å². The van der Waals surface area contributed by atoms with Gasteiger partial charge in [-0.05, 0) is 31.0 Å². The van der Waals surface area contributed by atoms with Crippen molar-refractivity contribution < 1.29 is 9.18 Å². The summed E-state index contributed by atoms with van der Waals surface area (Å²) in [5.74, 6) is -0.582. The number of carbonyl (C=O) groups excluding carboxylic acids is 1. The summed E-state index contributed by atoms with van der Waals surface area (Å²) in [4.78, 5) is 11.9. The second kappa shape index (κ2) is 6.29. The predicted molar refractivity (Wildman–Crippen MR) is 73.4 cm³/mol. The van der Waals surface area contributed by atoms with E-state index in [1.807, 2.05) is 13.8 Å². The third kappa shape index (κ3) is 3.53. The first-order valence-corrected chi connectivity index (χ1v) is 6.73. The van der Waals surface area contributed by atoms with E-state index >= 15 is 0 Å². The second-order valence-electron chi connectivity index (χ2n) is 4.28. The highest BCUT2D eigenvalue weighted by molar-refractivity contribution is 9.10. The number of hydrogen-bond acceptors (Lipinski definition) is 2. The Morgan fingerprint density at radius 3 is 2.61 bits per heavy atom. The van der Waals surface area contributed by atoms with E-state index in [1.54, 1.807) is 12.1 Å². The summed E-state index contributed by atoms with van der Waals surface area (Å²) >= 11 is 3.27. The molecule has 0 aliphatic heterocycles. The average Bonchev–Trinajstić information content (AvgIpc) is 2.38. The van der Waals surface area contributed by atoms with Crippen LogP contribution in [0.15, 0.2) is 22.7 Å². The van der Waals surface area contributed by atoms with Gasteiger partial charge in [-0.2, -0.15) is 0 Å². The minimum absolute atomic E-state index is 0.142. The van der Waals surface area contributed by atoms with Crippen molar-refractivity contribution in [1.29, 1.82) is 0 Å². The normalized spacial score (nSPS) is 11.4. The largest absolute Gasteiger partial charge is 0.350 e. The van der Waals surface area contributed by atoms with Crippen LogP contribution in [-0.2, 0) is 11.3 Å². The summed E-state index contributed by atoms with van der Waals surface area (Å²) in [5, 5.41) is 2.68. The zero-order valence-electron chi connectivity index (χ0n) is 10.6. The van der Waals surface area contributed by atoms with Crippen LogP contribution in [0.3, 0.4) is 0 Å². The van der Waals surface area contributed by atoms with Crippen LogP contribution in [0.25, 0.3) is 0 Å². The van der Waals surface area contributed by atoms with Crippen molar-refractivity contribution in [3.8, 4) is 0 Å². The molecule has 1 aromatic rings. The van der Waals surface area contributed by atoms with E-state index in [-0.39, 0.29) is 18.3 Å². The van der Waals surface area contributed by atoms with Gasteiger partial charge in [0.05, 0.1) is 5.54 Å². The quantitative estimate of drug-likeness (QED) is 0.877. The fraction of sp³-hybridized carbons (Fsp3) is 0.462. The van der Waals surface area contributed by atoms with Crippen molar-refractivity contribution in [1.82, 2.24) is 5.32 Å². The Labute approximate surface area is 115 Å². The molecular formula is C13H18BrFN2O. The molecule has 1 aromatic carbocycles. The van der Waals surface area contributed by atoms with Gasteiger partial charge in [0.2, 0.25) is 5.91 Å². The van der Waals surface area contributed by atoms with Crippen molar-refractivity contribution in [3.63, 3.8) is 0 Å². The van der Waals surface area contributed by atoms with E-state index < -0.39 is 5.54 Å². The fourth-order valence-electron chi connectivity index (χ4n) is 1.60. The van der Waals surface area contributed by atoms with E-state index in [4.69, 9.17) is 5.73 Å². The topological polar surface area (TPSA) is 55.1 Å². The van der Waals surface area contributed by atoms with Crippen molar-refractivity contribution in [2.75, 3.05) is 0 Å². The maximum absolute atomic E-state index is 13.5. The van der Waals surface area contributed by atoms with E-state index in [9.17, 15) is 9.18 Å². The summed E-state index contributed by atoms with van der Waals surface area (Å²) < 4.78 is 14.3. The monoisotopic (exact) mass is 316 g/mol. The minimum Gasteiger partial charge on any atom is -0.350 e. The molecule has 18 heavy (non-hydrogen) atoms. The molecule has 0 heterocycles. The first-order valence-electron chi connectivity index (χ1n) is 5.94. The number of halogens is 2. The Kier molecular flexibility index (Phi) is 5.28.